The van der Waals surface area contributed by atoms with Crippen LogP contribution in [0, 0.1) is 0 Å². The van der Waals surface area contributed by atoms with Crippen molar-refractivity contribution in [2.45, 2.75) is 13.0 Å². The van der Waals surface area contributed by atoms with Crippen molar-refractivity contribution in [3.05, 3.63) is 101 Å². The van der Waals surface area contributed by atoms with Crippen LogP contribution in [-0.2, 0) is 13.0 Å². The Hall–Kier alpha value is -3.40. The second-order valence-electron chi connectivity index (χ2n) is 6.58. The molecule has 0 saturated carbocycles. The van der Waals surface area contributed by atoms with Gasteiger partial charge in [-0.2, -0.15) is 0 Å². The summed E-state index contributed by atoms with van der Waals surface area (Å²) in [6, 6.07) is 24.6. The molecule has 1 N–H and O–H groups in total. The van der Waals surface area contributed by atoms with Gasteiger partial charge in [0.25, 0.3) is 11.8 Å². The zero-order valence-corrected chi connectivity index (χ0v) is 14.9. The molecule has 0 bridgehead atoms. The highest BCUT2D eigenvalue weighted by atomic mass is 16.2. The molecule has 0 aromatic heterocycles. The molecule has 1 aliphatic heterocycles. The first-order valence-electron chi connectivity index (χ1n) is 9.04. The predicted octanol–water partition coefficient (Wildman–Crippen LogP) is 3.82. The Kier molecular flexibility index (Phi) is 4.71. The second-order valence-corrected chi connectivity index (χ2v) is 6.58. The number of carbonyl (C=O) groups excluding carboxylic acids is 2. The summed E-state index contributed by atoms with van der Waals surface area (Å²) in [7, 11) is 0. The third-order valence-electron chi connectivity index (χ3n) is 4.80. The van der Waals surface area contributed by atoms with E-state index >= 15 is 0 Å². The summed E-state index contributed by atoms with van der Waals surface area (Å²) in [5.74, 6) is -0.0897. The standard InChI is InChI=1S/C23H20N2O2/c26-22(19-7-3-1-4-8-19)24-16-17-11-12-18-13-14-25(21(18)15-17)23(27)20-9-5-2-6-10-20/h1-12,15H,13-14,16H2,(H,24,26). The number of benzene rings is 3. The summed E-state index contributed by atoms with van der Waals surface area (Å²) in [4.78, 5) is 26.9. The van der Waals surface area contributed by atoms with E-state index in [2.05, 4.69) is 11.4 Å². The van der Waals surface area contributed by atoms with Gasteiger partial charge in [0, 0.05) is 29.9 Å². The molecule has 4 heteroatoms. The average Bonchev–Trinajstić information content (AvgIpc) is 3.16. The number of nitrogens with one attached hydrogen (secondary N) is 1. The topological polar surface area (TPSA) is 49.4 Å². The first kappa shape index (κ1) is 17.0. The zero-order chi connectivity index (χ0) is 18.6. The van der Waals surface area contributed by atoms with Gasteiger partial charge in [0.1, 0.15) is 0 Å². The van der Waals surface area contributed by atoms with E-state index in [1.54, 1.807) is 12.1 Å². The fourth-order valence-corrected chi connectivity index (χ4v) is 3.36. The minimum atomic E-state index is -0.103. The summed E-state index contributed by atoms with van der Waals surface area (Å²) < 4.78 is 0. The average molecular weight is 356 g/mol. The molecule has 0 aliphatic carbocycles. The number of fused-ring (bicyclic) bond motifs is 1. The molecule has 0 fully saturated rings. The number of rotatable bonds is 4. The highest BCUT2D eigenvalue weighted by molar-refractivity contribution is 6.07. The number of carbonyl (C=O) groups is 2. The minimum Gasteiger partial charge on any atom is -0.348 e. The van der Waals surface area contributed by atoms with Crippen LogP contribution >= 0.6 is 0 Å². The molecule has 0 spiro atoms. The van der Waals surface area contributed by atoms with Crippen molar-refractivity contribution in [2.75, 3.05) is 11.4 Å². The summed E-state index contributed by atoms with van der Waals surface area (Å²) >= 11 is 0. The van der Waals surface area contributed by atoms with E-state index in [0.29, 0.717) is 24.2 Å². The van der Waals surface area contributed by atoms with Gasteiger partial charge in [-0.3, -0.25) is 9.59 Å². The van der Waals surface area contributed by atoms with Gasteiger partial charge in [0.05, 0.1) is 0 Å². The van der Waals surface area contributed by atoms with Crippen LogP contribution in [0.2, 0.25) is 0 Å². The van der Waals surface area contributed by atoms with Crippen LogP contribution in [0.1, 0.15) is 31.8 Å². The molecule has 3 aromatic carbocycles. The van der Waals surface area contributed by atoms with E-state index in [-0.39, 0.29) is 11.8 Å². The van der Waals surface area contributed by atoms with Crippen LogP contribution in [0.4, 0.5) is 5.69 Å². The van der Waals surface area contributed by atoms with Crippen molar-refractivity contribution in [1.82, 2.24) is 5.32 Å². The van der Waals surface area contributed by atoms with Gasteiger partial charge in [-0.15, -0.1) is 0 Å². The molecule has 4 rings (SSSR count). The molecule has 4 nitrogen and oxygen atoms in total. The summed E-state index contributed by atoms with van der Waals surface area (Å²) in [6.07, 6.45) is 0.852. The number of hydrogen-bond acceptors (Lipinski definition) is 2. The molecule has 0 unspecified atom stereocenters. The molecular formula is C23H20N2O2. The second kappa shape index (κ2) is 7.46. The molecule has 0 saturated heterocycles. The van der Waals surface area contributed by atoms with Gasteiger partial charge in [-0.05, 0) is 47.9 Å². The summed E-state index contributed by atoms with van der Waals surface area (Å²) in [5.41, 5.74) is 4.41. The van der Waals surface area contributed by atoms with E-state index in [4.69, 9.17) is 0 Å². The van der Waals surface area contributed by atoms with Crippen LogP contribution in [-0.4, -0.2) is 18.4 Å². The molecule has 1 heterocycles. The van der Waals surface area contributed by atoms with Crippen molar-refractivity contribution in [2.24, 2.45) is 0 Å². The van der Waals surface area contributed by atoms with Crippen LogP contribution in [0.15, 0.2) is 78.9 Å². The lowest BCUT2D eigenvalue weighted by molar-refractivity contribution is 0.0949. The lowest BCUT2D eigenvalue weighted by Crippen LogP contribution is -2.29. The molecule has 134 valence electrons. The van der Waals surface area contributed by atoms with E-state index in [9.17, 15) is 9.59 Å². The van der Waals surface area contributed by atoms with Crippen LogP contribution in [0.25, 0.3) is 0 Å². The maximum atomic E-state index is 12.8. The van der Waals surface area contributed by atoms with Crippen LogP contribution in [0.5, 0.6) is 0 Å². The molecule has 3 aromatic rings. The minimum absolute atomic E-state index is 0.0137. The largest absolute Gasteiger partial charge is 0.348 e. The Labute approximate surface area is 158 Å². The van der Waals surface area contributed by atoms with Crippen molar-refractivity contribution in [3.8, 4) is 0 Å². The maximum absolute atomic E-state index is 12.8. The van der Waals surface area contributed by atoms with Crippen molar-refractivity contribution in [1.29, 1.82) is 0 Å². The van der Waals surface area contributed by atoms with Crippen LogP contribution < -0.4 is 10.2 Å². The number of amides is 2. The normalized spacial score (nSPS) is 12.5. The fourth-order valence-electron chi connectivity index (χ4n) is 3.36. The Morgan fingerprint density at radius 1 is 0.852 bits per heavy atom. The third kappa shape index (κ3) is 3.60. The maximum Gasteiger partial charge on any atom is 0.258 e. The quantitative estimate of drug-likeness (QED) is 0.773. The molecule has 0 radical (unpaired) electrons. The van der Waals surface area contributed by atoms with Crippen molar-refractivity contribution < 1.29 is 9.59 Å². The van der Waals surface area contributed by atoms with Gasteiger partial charge in [0.15, 0.2) is 0 Å². The zero-order valence-electron chi connectivity index (χ0n) is 14.9. The summed E-state index contributed by atoms with van der Waals surface area (Å²) in [6.45, 7) is 1.11. The third-order valence-corrected chi connectivity index (χ3v) is 4.80. The fraction of sp³-hybridized carbons (Fsp3) is 0.130. The SMILES string of the molecule is O=C(NCc1ccc2c(c1)N(C(=O)c1ccccc1)CC2)c1ccccc1. The highest BCUT2D eigenvalue weighted by Crippen LogP contribution is 2.30. The van der Waals surface area contributed by atoms with Crippen molar-refractivity contribution >= 4 is 17.5 Å². The Morgan fingerprint density at radius 2 is 1.52 bits per heavy atom. The predicted molar refractivity (Wildman–Crippen MR) is 106 cm³/mol. The number of anilines is 1. The number of hydrogen-bond donors (Lipinski definition) is 1. The van der Waals surface area contributed by atoms with Gasteiger partial charge < -0.3 is 10.2 Å². The lowest BCUT2D eigenvalue weighted by atomic mass is 10.1. The van der Waals surface area contributed by atoms with E-state index < -0.39 is 0 Å². The first-order chi connectivity index (χ1) is 13.2. The van der Waals surface area contributed by atoms with Gasteiger partial charge in [-0.1, -0.05) is 48.5 Å². The van der Waals surface area contributed by atoms with Crippen molar-refractivity contribution in [3.63, 3.8) is 0 Å². The Morgan fingerprint density at radius 3 is 2.22 bits per heavy atom. The van der Waals surface area contributed by atoms with Gasteiger partial charge >= 0.3 is 0 Å². The van der Waals surface area contributed by atoms with E-state index in [0.717, 1.165) is 23.2 Å². The molecule has 0 atom stereocenters. The summed E-state index contributed by atoms with van der Waals surface area (Å²) in [5, 5.41) is 2.94. The highest BCUT2D eigenvalue weighted by Gasteiger charge is 2.25. The Balaban J connectivity index is 1.50. The Bertz CT molecular complexity index is 968. The monoisotopic (exact) mass is 356 g/mol. The van der Waals surface area contributed by atoms with Crippen LogP contribution in [0.3, 0.4) is 0 Å². The molecule has 1 aliphatic rings. The number of nitrogens with zero attached hydrogens (tertiary/aromatic N) is 1. The lowest BCUT2D eigenvalue weighted by Gasteiger charge is -2.18. The first-order valence-corrected chi connectivity index (χ1v) is 9.04. The molecule has 27 heavy (non-hydrogen) atoms. The molecular weight excluding hydrogens is 336 g/mol. The van der Waals surface area contributed by atoms with E-state index in [1.807, 2.05) is 65.6 Å². The van der Waals surface area contributed by atoms with Gasteiger partial charge in [-0.25, -0.2) is 0 Å². The molecule has 2 amide bonds. The van der Waals surface area contributed by atoms with E-state index in [1.165, 1.54) is 0 Å². The smallest absolute Gasteiger partial charge is 0.258 e. The van der Waals surface area contributed by atoms with Gasteiger partial charge in [0.2, 0.25) is 0 Å².